The fourth-order valence-corrected chi connectivity index (χ4v) is 3.11. The Labute approximate surface area is 127 Å². The fraction of sp³-hybridized carbons (Fsp3) is 0.333. The Morgan fingerprint density at radius 1 is 1.19 bits per heavy atom. The van der Waals surface area contributed by atoms with Crippen LogP contribution in [0.25, 0.3) is 21.7 Å². The molecule has 108 valence electrons. The maximum absolute atomic E-state index is 4.68. The molecule has 3 aromatic heterocycles. The number of fused-ring (bicyclic) bond motifs is 1. The normalized spacial score (nSPS) is 11.0. The zero-order chi connectivity index (χ0) is 14.8. The van der Waals surface area contributed by atoms with E-state index >= 15 is 0 Å². The monoisotopic (exact) mass is 299 g/mol. The van der Waals surface area contributed by atoms with E-state index in [1.807, 2.05) is 13.0 Å². The zero-order valence-corrected chi connectivity index (χ0v) is 13.2. The van der Waals surface area contributed by atoms with Crippen LogP contribution < -0.4 is 5.32 Å². The average Bonchev–Trinajstić information content (AvgIpc) is 2.91. The van der Waals surface area contributed by atoms with Crippen LogP contribution in [0.5, 0.6) is 0 Å². The number of hydrogen-bond acceptors (Lipinski definition) is 6. The molecule has 0 fully saturated rings. The van der Waals surface area contributed by atoms with Crippen LogP contribution in [-0.2, 0) is 6.42 Å². The molecule has 0 saturated carbocycles. The highest BCUT2D eigenvalue weighted by Gasteiger charge is 2.13. The molecule has 0 amide bonds. The van der Waals surface area contributed by atoms with Crippen molar-refractivity contribution >= 4 is 27.4 Å². The fourth-order valence-electron chi connectivity index (χ4n) is 2.14. The Bertz CT molecular complexity index is 781. The lowest BCUT2D eigenvalue weighted by atomic mass is 10.3. The molecule has 0 unspecified atom stereocenters. The van der Waals surface area contributed by atoms with Gasteiger partial charge in [0, 0.05) is 17.6 Å². The Hall–Kier alpha value is -2.08. The van der Waals surface area contributed by atoms with Crippen LogP contribution in [0.3, 0.4) is 0 Å². The first-order chi connectivity index (χ1) is 10.2. The van der Waals surface area contributed by atoms with Crippen molar-refractivity contribution in [2.45, 2.75) is 27.2 Å². The molecule has 3 aromatic rings. The predicted molar refractivity (Wildman–Crippen MR) is 86.7 cm³/mol. The minimum absolute atomic E-state index is 0.647. The molecule has 0 bridgehead atoms. The Kier molecular flexibility index (Phi) is 3.79. The number of aryl methyl sites for hydroxylation is 2. The molecule has 1 N–H and O–H groups in total. The summed E-state index contributed by atoms with van der Waals surface area (Å²) in [6, 6.07) is 4.02. The summed E-state index contributed by atoms with van der Waals surface area (Å²) in [7, 11) is 0. The summed E-state index contributed by atoms with van der Waals surface area (Å²) in [6.45, 7) is 6.91. The summed E-state index contributed by atoms with van der Waals surface area (Å²) in [6.07, 6.45) is 2.75. The van der Waals surface area contributed by atoms with Gasteiger partial charge in [-0.1, -0.05) is 6.92 Å². The molecule has 3 rings (SSSR count). The SMILES string of the molecule is CCNc1nc(-c2ccnc(C)n2)nc2sc(CC)cc12. The number of aromatic nitrogens is 4. The van der Waals surface area contributed by atoms with Crippen molar-refractivity contribution in [3.05, 3.63) is 29.0 Å². The van der Waals surface area contributed by atoms with Gasteiger partial charge in [-0.25, -0.2) is 19.9 Å². The lowest BCUT2D eigenvalue weighted by Crippen LogP contribution is -2.03. The Morgan fingerprint density at radius 2 is 2.05 bits per heavy atom. The highest BCUT2D eigenvalue weighted by molar-refractivity contribution is 7.18. The summed E-state index contributed by atoms with van der Waals surface area (Å²) >= 11 is 1.72. The first-order valence-electron chi connectivity index (χ1n) is 7.05. The number of nitrogens with zero attached hydrogens (tertiary/aromatic N) is 4. The topological polar surface area (TPSA) is 63.6 Å². The first kappa shape index (κ1) is 13.9. The second-order valence-corrected chi connectivity index (χ2v) is 5.82. The smallest absolute Gasteiger partial charge is 0.181 e. The molecule has 0 atom stereocenters. The van der Waals surface area contributed by atoms with Crippen molar-refractivity contribution in [1.29, 1.82) is 0 Å². The number of nitrogens with one attached hydrogen (secondary N) is 1. The summed E-state index contributed by atoms with van der Waals surface area (Å²) in [4.78, 5) is 20.2. The maximum atomic E-state index is 4.68. The van der Waals surface area contributed by atoms with Crippen molar-refractivity contribution in [1.82, 2.24) is 19.9 Å². The van der Waals surface area contributed by atoms with E-state index < -0.39 is 0 Å². The maximum Gasteiger partial charge on any atom is 0.181 e. The van der Waals surface area contributed by atoms with Crippen LogP contribution in [0.2, 0.25) is 0 Å². The Balaban J connectivity index is 2.19. The average molecular weight is 299 g/mol. The van der Waals surface area contributed by atoms with Crippen LogP contribution in [0.4, 0.5) is 5.82 Å². The molecule has 3 heterocycles. The van der Waals surface area contributed by atoms with Crippen LogP contribution in [0, 0.1) is 6.92 Å². The molecule has 6 heteroatoms. The van der Waals surface area contributed by atoms with Crippen molar-refractivity contribution in [3.63, 3.8) is 0 Å². The van der Waals surface area contributed by atoms with E-state index in [4.69, 9.17) is 0 Å². The van der Waals surface area contributed by atoms with Gasteiger partial charge in [-0.15, -0.1) is 11.3 Å². The minimum atomic E-state index is 0.647. The van der Waals surface area contributed by atoms with E-state index in [2.05, 4.69) is 45.2 Å². The van der Waals surface area contributed by atoms with Crippen molar-refractivity contribution < 1.29 is 0 Å². The van der Waals surface area contributed by atoms with Gasteiger partial charge in [-0.2, -0.15) is 0 Å². The third-order valence-corrected chi connectivity index (χ3v) is 4.31. The van der Waals surface area contributed by atoms with Crippen LogP contribution >= 0.6 is 11.3 Å². The molecule has 0 radical (unpaired) electrons. The summed E-state index contributed by atoms with van der Waals surface area (Å²) in [5.41, 5.74) is 0.759. The van der Waals surface area contributed by atoms with E-state index in [0.29, 0.717) is 5.82 Å². The largest absolute Gasteiger partial charge is 0.370 e. The highest BCUT2D eigenvalue weighted by Crippen LogP contribution is 2.31. The highest BCUT2D eigenvalue weighted by atomic mass is 32.1. The lowest BCUT2D eigenvalue weighted by Gasteiger charge is -2.06. The van der Waals surface area contributed by atoms with Crippen LogP contribution in [-0.4, -0.2) is 26.5 Å². The number of thiophene rings is 1. The van der Waals surface area contributed by atoms with Gasteiger partial charge in [0.05, 0.1) is 5.39 Å². The van der Waals surface area contributed by atoms with Gasteiger partial charge in [0.1, 0.15) is 22.2 Å². The van der Waals surface area contributed by atoms with Gasteiger partial charge in [-0.05, 0) is 32.4 Å². The zero-order valence-electron chi connectivity index (χ0n) is 12.3. The van der Waals surface area contributed by atoms with E-state index in [0.717, 1.165) is 40.5 Å². The third kappa shape index (κ3) is 2.71. The molecule has 0 spiro atoms. The Morgan fingerprint density at radius 3 is 2.76 bits per heavy atom. The minimum Gasteiger partial charge on any atom is -0.370 e. The second-order valence-electron chi connectivity index (χ2n) is 4.70. The van der Waals surface area contributed by atoms with E-state index in [-0.39, 0.29) is 0 Å². The second kappa shape index (κ2) is 5.73. The van der Waals surface area contributed by atoms with Crippen LogP contribution in [0.15, 0.2) is 18.3 Å². The van der Waals surface area contributed by atoms with E-state index in [9.17, 15) is 0 Å². The summed E-state index contributed by atoms with van der Waals surface area (Å²) in [5, 5.41) is 4.42. The lowest BCUT2D eigenvalue weighted by molar-refractivity contribution is 1.04. The van der Waals surface area contributed by atoms with Gasteiger partial charge in [0.25, 0.3) is 0 Å². The molecule has 0 aliphatic carbocycles. The van der Waals surface area contributed by atoms with Gasteiger partial charge < -0.3 is 5.32 Å². The molecule has 0 aliphatic rings. The molecule has 0 saturated heterocycles. The number of rotatable bonds is 4. The molecule has 5 nitrogen and oxygen atoms in total. The standard InChI is InChI=1S/C15H17N5S/c1-4-10-8-11-13(16-5-2)19-14(20-15(11)21-10)12-6-7-17-9(3)18-12/h6-8H,4-5H2,1-3H3,(H,16,19,20). The predicted octanol–water partition coefficient (Wildman–Crippen LogP) is 3.45. The van der Waals surface area contributed by atoms with E-state index in [1.54, 1.807) is 17.5 Å². The number of hydrogen-bond donors (Lipinski definition) is 1. The van der Waals surface area contributed by atoms with Gasteiger partial charge in [0.2, 0.25) is 0 Å². The van der Waals surface area contributed by atoms with Gasteiger partial charge >= 0.3 is 0 Å². The number of anilines is 1. The molecule has 21 heavy (non-hydrogen) atoms. The molecule has 0 aromatic carbocycles. The first-order valence-corrected chi connectivity index (χ1v) is 7.87. The summed E-state index contributed by atoms with van der Waals surface area (Å²) < 4.78 is 0. The quantitative estimate of drug-likeness (QED) is 0.799. The molecular formula is C15H17N5S. The van der Waals surface area contributed by atoms with Crippen molar-refractivity contribution in [2.24, 2.45) is 0 Å². The molecule has 0 aliphatic heterocycles. The van der Waals surface area contributed by atoms with Gasteiger partial charge in [0.15, 0.2) is 5.82 Å². The third-order valence-electron chi connectivity index (χ3n) is 3.14. The van der Waals surface area contributed by atoms with E-state index in [1.165, 1.54) is 4.88 Å². The van der Waals surface area contributed by atoms with Crippen LogP contribution in [0.1, 0.15) is 24.5 Å². The van der Waals surface area contributed by atoms with Crippen molar-refractivity contribution in [2.75, 3.05) is 11.9 Å². The van der Waals surface area contributed by atoms with Gasteiger partial charge in [-0.3, -0.25) is 0 Å². The van der Waals surface area contributed by atoms with Crippen molar-refractivity contribution in [3.8, 4) is 11.5 Å². The summed E-state index contributed by atoms with van der Waals surface area (Å²) in [5.74, 6) is 2.25. The molecular weight excluding hydrogens is 282 g/mol.